The molecule has 24 heavy (non-hydrogen) atoms. The van der Waals surface area contributed by atoms with Crippen LogP contribution in [0, 0.1) is 0 Å². The van der Waals surface area contributed by atoms with Gasteiger partial charge in [0.1, 0.15) is 4.70 Å². The van der Waals surface area contributed by atoms with Crippen LogP contribution in [0.15, 0.2) is 29.4 Å². The van der Waals surface area contributed by atoms with Crippen LogP contribution in [0.25, 0.3) is 10.3 Å². The molecule has 6 nitrogen and oxygen atoms in total. The average molecular weight is 382 g/mol. The summed E-state index contributed by atoms with van der Waals surface area (Å²) in [6, 6.07) is 7.55. The number of aliphatic hydroxyl groups excluding tert-OH is 1. The molecule has 0 aliphatic heterocycles. The molecule has 0 saturated carbocycles. The van der Waals surface area contributed by atoms with E-state index in [1.165, 1.54) is 23.1 Å². The lowest BCUT2D eigenvalue weighted by Gasteiger charge is -2.12. The number of aromatic nitrogens is 3. The fraction of sp³-hybridized carbons (Fsp3) is 0.267. The Kier molecular flexibility index (Phi) is 5.40. The van der Waals surface area contributed by atoms with Crippen molar-refractivity contribution < 1.29 is 5.11 Å². The number of nitrogens with two attached hydrogens (primary N) is 1. The van der Waals surface area contributed by atoms with E-state index in [1.807, 2.05) is 31.2 Å². The number of thiazole rings is 1. The summed E-state index contributed by atoms with van der Waals surface area (Å²) in [5, 5.41) is 14.2. The standard InChI is InChI=1S/C15H16ClN5OS2/c1-8(6-22)18-12-11-13(19-14(17)24-11)21-15(20-12)23-7-9-3-2-4-10(16)5-9/h2-5,8,22H,6-7H2,1H3,(H3,17,18,19,20,21)/t8-/m1/s1. The second kappa shape index (κ2) is 7.52. The van der Waals surface area contributed by atoms with Crippen LogP contribution in [0.2, 0.25) is 5.02 Å². The van der Waals surface area contributed by atoms with Gasteiger partial charge in [-0.15, -0.1) is 0 Å². The number of thioether (sulfide) groups is 1. The number of anilines is 2. The molecule has 3 rings (SSSR count). The van der Waals surface area contributed by atoms with Gasteiger partial charge in [-0.05, 0) is 24.6 Å². The number of fused-ring (bicyclic) bond motifs is 1. The lowest BCUT2D eigenvalue weighted by Crippen LogP contribution is -2.20. The third-order valence-electron chi connectivity index (χ3n) is 3.16. The van der Waals surface area contributed by atoms with Gasteiger partial charge in [-0.1, -0.05) is 46.8 Å². The number of rotatable bonds is 6. The molecule has 9 heteroatoms. The predicted molar refractivity (Wildman–Crippen MR) is 101 cm³/mol. The summed E-state index contributed by atoms with van der Waals surface area (Å²) in [7, 11) is 0. The molecule has 0 amide bonds. The van der Waals surface area contributed by atoms with Crippen molar-refractivity contribution in [1.82, 2.24) is 15.0 Å². The van der Waals surface area contributed by atoms with Gasteiger partial charge >= 0.3 is 0 Å². The van der Waals surface area contributed by atoms with Crippen molar-refractivity contribution in [3.8, 4) is 0 Å². The zero-order chi connectivity index (χ0) is 17.1. The van der Waals surface area contributed by atoms with Crippen molar-refractivity contribution in [2.75, 3.05) is 17.7 Å². The quantitative estimate of drug-likeness (QED) is 0.444. The Labute approximate surface area is 152 Å². The Morgan fingerprint density at radius 2 is 2.21 bits per heavy atom. The molecule has 0 aliphatic carbocycles. The third-order valence-corrected chi connectivity index (χ3v) is 5.20. The van der Waals surface area contributed by atoms with E-state index in [0.717, 1.165) is 10.3 Å². The second-order valence-corrected chi connectivity index (χ2v) is 7.62. The van der Waals surface area contributed by atoms with Crippen molar-refractivity contribution >= 4 is 56.0 Å². The first-order chi connectivity index (χ1) is 11.5. The van der Waals surface area contributed by atoms with Gasteiger partial charge < -0.3 is 16.2 Å². The number of nitrogen functional groups attached to an aromatic ring is 1. The first-order valence-corrected chi connectivity index (χ1v) is 9.42. The fourth-order valence-electron chi connectivity index (χ4n) is 2.04. The van der Waals surface area contributed by atoms with Crippen LogP contribution in [0.1, 0.15) is 12.5 Å². The summed E-state index contributed by atoms with van der Waals surface area (Å²) < 4.78 is 0.792. The Morgan fingerprint density at radius 1 is 1.38 bits per heavy atom. The molecule has 3 aromatic rings. The van der Waals surface area contributed by atoms with Crippen LogP contribution in [-0.2, 0) is 5.75 Å². The molecule has 2 heterocycles. The molecule has 0 unspecified atom stereocenters. The highest BCUT2D eigenvalue weighted by Gasteiger charge is 2.14. The average Bonchev–Trinajstić information content (AvgIpc) is 2.93. The maximum atomic E-state index is 9.26. The lowest BCUT2D eigenvalue weighted by atomic mass is 10.2. The molecular weight excluding hydrogens is 366 g/mol. The summed E-state index contributed by atoms with van der Waals surface area (Å²) in [5.74, 6) is 1.34. The fourth-order valence-corrected chi connectivity index (χ4v) is 3.76. The highest BCUT2D eigenvalue weighted by Crippen LogP contribution is 2.31. The van der Waals surface area contributed by atoms with Gasteiger partial charge in [0.2, 0.25) is 0 Å². The summed E-state index contributed by atoms with van der Waals surface area (Å²) in [6.45, 7) is 1.88. The molecule has 126 valence electrons. The molecular formula is C15H16ClN5OS2. The van der Waals surface area contributed by atoms with E-state index >= 15 is 0 Å². The largest absolute Gasteiger partial charge is 0.394 e. The van der Waals surface area contributed by atoms with E-state index in [2.05, 4.69) is 20.3 Å². The zero-order valence-electron chi connectivity index (χ0n) is 12.9. The van der Waals surface area contributed by atoms with E-state index < -0.39 is 0 Å². The number of nitrogens with one attached hydrogen (secondary N) is 1. The van der Waals surface area contributed by atoms with Gasteiger partial charge in [0.05, 0.1) is 6.61 Å². The maximum absolute atomic E-state index is 9.26. The van der Waals surface area contributed by atoms with Crippen molar-refractivity contribution in [3.63, 3.8) is 0 Å². The molecule has 4 N–H and O–H groups in total. The molecule has 0 fully saturated rings. The van der Waals surface area contributed by atoms with Crippen LogP contribution < -0.4 is 11.1 Å². The molecule has 0 saturated heterocycles. The minimum absolute atomic E-state index is 0.00473. The van der Waals surface area contributed by atoms with E-state index in [4.69, 9.17) is 17.3 Å². The summed E-state index contributed by atoms with van der Waals surface area (Å²) in [6.07, 6.45) is 0. The molecule has 0 aliphatic rings. The van der Waals surface area contributed by atoms with Gasteiger partial charge in [0.15, 0.2) is 21.8 Å². The monoisotopic (exact) mass is 381 g/mol. The smallest absolute Gasteiger partial charge is 0.191 e. The number of halogens is 1. The van der Waals surface area contributed by atoms with Crippen LogP contribution in [-0.4, -0.2) is 32.7 Å². The predicted octanol–water partition coefficient (Wildman–Crippen LogP) is 3.41. The molecule has 0 spiro atoms. The van der Waals surface area contributed by atoms with Crippen molar-refractivity contribution in [1.29, 1.82) is 0 Å². The Morgan fingerprint density at radius 3 is 2.96 bits per heavy atom. The Balaban J connectivity index is 1.87. The van der Waals surface area contributed by atoms with Crippen LogP contribution >= 0.6 is 34.7 Å². The topological polar surface area (TPSA) is 97.0 Å². The van der Waals surface area contributed by atoms with Crippen LogP contribution in [0.3, 0.4) is 0 Å². The number of aliphatic hydroxyl groups is 1. The number of hydrogen-bond acceptors (Lipinski definition) is 8. The molecule has 1 aromatic carbocycles. The summed E-state index contributed by atoms with van der Waals surface area (Å²) >= 11 is 8.83. The van der Waals surface area contributed by atoms with Gasteiger partial charge in [0.25, 0.3) is 0 Å². The van der Waals surface area contributed by atoms with Crippen LogP contribution in [0.5, 0.6) is 0 Å². The van der Waals surface area contributed by atoms with Crippen molar-refractivity contribution in [2.24, 2.45) is 0 Å². The second-order valence-electron chi connectivity index (χ2n) is 5.21. The summed E-state index contributed by atoms with van der Waals surface area (Å²) in [4.78, 5) is 13.3. The first kappa shape index (κ1) is 17.2. The molecule has 0 bridgehead atoms. The molecule has 2 aromatic heterocycles. The first-order valence-electron chi connectivity index (χ1n) is 7.24. The highest BCUT2D eigenvalue weighted by atomic mass is 35.5. The lowest BCUT2D eigenvalue weighted by molar-refractivity contribution is 0.281. The third kappa shape index (κ3) is 4.07. The number of benzene rings is 1. The minimum atomic E-state index is -0.128. The number of hydrogen-bond donors (Lipinski definition) is 3. The van der Waals surface area contributed by atoms with Crippen molar-refractivity contribution in [2.45, 2.75) is 23.9 Å². The highest BCUT2D eigenvalue weighted by molar-refractivity contribution is 7.98. The number of nitrogens with zero attached hydrogens (tertiary/aromatic N) is 3. The van der Waals surface area contributed by atoms with Gasteiger partial charge in [-0.25, -0.2) is 15.0 Å². The SMILES string of the molecule is C[C@H](CO)Nc1nc(SCc2cccc(Cl)c2)nc2nc(N)sc12. The maximum Gasteiger partial charge on any atom is 0.191 e. The van der Waals surface area contributed by atoms with Crippen molar-refractivity contribution in [3.05, 3.63) is 34.9 Å². The van der Waals surface area contributed by atoms with Crippen LogP contribution in [0.4, 0.5) is 10.9 Å². The Bertz CT molecular complexity index is 857. The van der Waals surface area contributed by atoms with Gasteiger partial charge in [-0.3, -0.25) is 0 Å². The van der Waals surface area contributed by atoms with E-state index in [-0.39, 0.29) is 12.6 Å². The van der Waals surface area contributed by atoms with E-state index in [1.54, 1.807) is 0 Å². The molecule has 0 radical (unpaired) electrons. The minimum Gasteiger partial charge on any atom is -0.394 e. The van der Waals surface area contributed by atoms with E-state index in [0.29, 0.717) is 32.5 Å². The van der Waals surface area contributed by atoms with Gasteiger partial charge in [0, 0.05) is 16.8 Å². The zero-order valence-corrected chi connectivity index (χ0v) is 15.3. The summed E-state index contributed by atoms with van der Waals surface area (Å²) in [5.41, 5.74) is 7.45. The Hall–Kier alpha value is -1.61. The van der Waals surface area contributed by atoms with Gasteiger partial charge in [-0.2, -0.15) is 0 Å². The molecule has 1 atom stereocenters. The van der Waals surface area contributed by atoms with E-state index in [9.17, 15) is 5.11 Å². The normalized spacial score (nSPS) is 12.5.